The molecule has 4 rings (SSSR count). The number of para-hydroxylation sites is 2. The predicted molar refractivity (Wildman–Crippen MR) is 90.0 cm³/mol. The number of nitrogens with zero attached hydrogens (tertiary/aromatic N) is 3. The zero-order valence-corrected chi connectivity index (χ0v) is 13.4. The lowest BCUT2D eigenvalue weighted by atomic mass is 10.3. The van der Waals surface area contributed by atoms with Crippen LogP contribution in [-0.4, -0.2) is 24.8 Å². The van der Waals surface area contributed by atoms with Gasteiger partial charge in [0.05, 0.1) is 28.8 Å². The summed E-state index contributed by atoms with van der Waals surface area (Å²) >= 11 is 11.8. The number of alkyl halides is 2. The lowest BCUT2D eigenvalue weighted by Gasteiger charge is -2.07. The SMILES string of the molecule is O=C(Nc1ccc(-n2cnc3ccccc32)nc1)C1CC1(Cl)Cl. The molecular formula is C16H12Cl2N4O. The summed E-state index contributed by atoms with van der Waals surface area (Å²) in [4.78, 5) is 20.7. The molecule has 116 valence electrons. The van der Waals surface area contributed by atoms with Crippen molar-refractivity contribution in [3.63, 3.8) is 0 Å². The van der Waals surface area contributed by atoms with Gasteiger partial charge in [0, 0.05) is 0 Å². The monoisotopic (exact) mass is 346 g/mol. The smallest absolute Gasteiger partial charge is 0.230 e. The van der Waals surface area contributed by atoms with Crippen LogP contribution in [0.4, 0.5) is 5.69 Å². The average molecular weight is 347 g/mol. The summed E-state index contributed by atoms with van der Waals surface area (Å²) in [6.07, 6.45) is 3.81. The number of nitrogens with one attached hydrogen (secondary N) is 1. The van der Waals surface area contributed by atoms with Crippen molar-refractivity contribution in [2.45, 2.75) is 10.8 Å². The predicted octanol–water partition coefficient (Wildman–Crippen LogP) is 3.55. The Morgan fingerprint density at radius 3 is 2.70 bits per heavy atom. The van der Waals surface area contributed by atoms with Gasteiger partial charge in [0.25, 0.3) is 0 Å². The molecular weight excluding hydrogens is 335 g/mol. The molecule has 1 aromatic carbocycles. The molecule has 2 heterocycles. The summed E-state index contributed by atoms with van der Waals surface area (Å²) in [5, 5.41) is 2.77. The molecule has 0 aliphatic heterocycles. The van der Waals surface area contributed by atoms with Gasteiger partial charge in [0.2, 0.25) is 5.91 Å². The first-order valence-electron chi connectivity index (χ1n) is 7.12. The molecule has 3 aromatic rings. The summed E-state index contributed by atoms with van der Waals surface area (Å²) in [6, 6.07) is 11.4. The van der Waals surface area contributed by atoms with Crippen LogP contribution in [0.5, 0.6) is 0 Å². The van der Waals surface area contributed by atoms with Crippen LogP contribution >= 0.6 is 23.2 Å². The number of rotatable bonds is 3. The molecule has 0 saturated heterocycles. The van der Waals surface area contributed by atoms with E-state index in [-0.39, 0.29) is 11.8 Å². The Labute approximate surface area is 142 Å². The summed E-state index contributed by atoms with van der Waals surface area (Å²) in [5.41, 5.74) is 2.49. The first-order chi connectivity index (χ1) is 11.0. The van der Waals surface area contributed by atoms with E-state index < -0.39 is 4.33 Å². The minimum absolute atomic E-state index is 0.183. The van der Waals surface area contributed by atoms with Crippen LogP contribution in [0, 0.1) is 5.92 Å². The van der Waals surface area contributed by atoms with Gasteiger partial charge in [-0.05, 0) is 30.7 Å². The van der Waals surface area contributed by atoms with Crippen molar-refractivity contribution in [3.8, 4) is 5.82 Å². The minimum Gasteiger partial charge on any atom is -0.324 e. The van der Waals surface area contributed by atoms with Gasteiger partial charge < -0.3 is 5.32 Å². The number of halogens is 2. The van der Waals surface area contributed by atoms with Gasteiger partial charge >= 0.3 is 0 Å². The van der Waals surface area contributed by atoms with E-state index in [0.717, 1.165) is 16.9 Å². The zero-order chi connectivity index (χ0) is 16.0. The second-order valence-electron chi connectivity index (χ2n) is 5.52. The Morgan fingerprint density at radius 1 is 1.22 bits per heavy atom. The first-order valence-corrected chi connectivity index (χ1v) is 7.87. The lowest BCUT2D eigenvalue weighted by Crippen LogP contribution is -2.17. The number of hydrogen-bond acceptors (Lipinski definition) is 3. The maximum Gasteiger partial charge on any atom is 0.230 e. The molecule has 7 heteroatoms. The van der Waals surface area contributed by atoms with Gasteiger partial charge in [-0.25, -0.2) is 9.97 Å². The highest BCUT2D eigenvalue weighted by Crippen LogP contribution is 2.53. The number of imidazole rings is 1. The van der Waals surface area contributed by atoms with E-state index in [2.05, 4.69) is 15.3 Å². The Balaban J connectivity index is 1.55. The molecule has 1 atom stereocenters. The zero-order valence-electron chi connectivity index (χ0n) is 11.9. The number of aromatic nitrogens is 3. The van der Waals surface area contributed by atoms with Gasteiger partial charge in [-0.15, -0.1) is 23.2 Å². The van der Waals surface area contributed by atoms with Crippen LogP contribution in [0.25, 0.3) is 16.9 Å². The Morgan fingerprint density at radius 2 is 2.00 bits per heavy atom. The summed E-state index contributed by atoms with van der Waals surface area (Å²) in [7, 11) is 0. The lowest BCUT2D eigenvalue weighted by molar-refractivity contribution is -0.117. The van der Waals surface area contributed by atoms with Gasteiger partial charge in [0.15, 0.2) is 0 Å². The highest BCUT2D eigenvalue weighted by atomic mass is 35.5. The number of pyridine rings is 1. The topological polar surface area (TPSA) is 59.8 Å². The van der Waals surface area contributed by atoms with Crippen molar-refractivity contribution in [2.24, 2.45) is 5.92 Å². The normalized spacial score (nSPS) is 18.8. The van der Waals surface area contributed by atoms with Crippen molar-refractivity contribution >= 4 is 45.8 Å². The second kappa shape index (κ2) is 5.22. The Bertz CT molecular complexity index is 888. The highest BCUT2D eigenvalue weighted by Gasteiger charge is 2.56. The molecule has 23 heavy (non-hydrogen) atoms. The Kier molecular flexibility index (Phi) is 3.28. The third kappa shape index (κ3) is 2.66. The number of amides is 1. The van der Waals surface area contributed by atoms with Crippen LogP contribution in [-0.2, 0) is 4.79 Å². The average Bonchev–Trinajstić information content (AvgIpc) is 3.00. The Hall–Kier alpha value is -2.11. The van der Waals surface area contributed by atoms with E-state index >= 15 is 0 Å². The van der Waals surface area contributed by atoms with Gasteiger partial charge in [-0.2, -0.15) is 0 Å². The molecule has 1 saturated carbocycles. The van der Waals surface area contributed by atoms with Gasteiger partial charge in [0.1, 0.15) is 16.5 Å². The van der Waals surface area contributed by atoms with Gasteiger partial charge in [-0.3, -0.25) is 9.36 Å². The fraction of sp³-hybridized carbons (Fsp3) is 0.188. The number of benzene rings is 1. The van der Waals surface area contributed by atoms with Crippen molar-refractivity contribution in [3.05, 3.63) is 48.9 Å². The minimum atomic E-state index is -0.923. The fourth-order valence-electron chi connectivity index (χ4n) is 2.47. The maximum absolute atomic E-state index is 12.0. The number of carbonyl (C=O) groups excluding carboxylic acids is 1. The van der Waals surface area contributed by atoms with E-state index in [4.69, 9.17) is 23.2 Å². The van der Waals surface area contributed by atoms with Crippen LogP contribution < -0.4 is 5.32 Å². The van der Waals surface area contributed by atoms with E-state index in [1.165, 1.54) is 0 Å². The molecule has 1 N–H and O–H groups in total. The molecule has 1 amide bonds. The van der Waals surface area contributed by atoms with E-state index in [0.29, 0.717) is 12.1 Å². The second-order valence-corrected chi connectivity index (χ2v) is 7.06. The third-order valence-corrected chi connectivity index (χ3v) is 4.69. The summed E-state index contributed by atoms with van der Waals surface area (Å²) in [5.74, 6) is 0.188. The molecule has 5 nitrogen and oxygen atoms in total. The standard InChI is InChI=1S/C16H12Cl2N4O/c17-16(18)7-11(16)15(23)21-10-5-6-14(19-8-10)22-9-20-12-3-1-2-4-13(12)22/h1-6,8-9,11H,7H2,(H,21,23). The van der Waals surface area contributed by atoms with E-state index in [1.54, 1.807) is 18.6 Å². The molecule has 0 spiro atoms. The molecule has 1 unspecified atom stereocenters. The highest BCUT2D eigenvalue weighted by molar-refractivity contribution is 6.52. The van der Waals surface area contributed by atoms with E-state index in [1.807, 2.05) is 34.9 Å². The van der Waals surface area contributed by atoms with Crippen LogP contribution in [0.3, 0.4) is 0 Å². The van der Waals surface area contributed by atoms with Crippen molar-refractivity contribution in [1.29, 1.82) is 0 Å². The van der Waals surface area contributed by atoms with Gasteiger partial charge in [-0.1, -0.05) is 12.1 Å². The third-order valence-electron chi connectivity index (χ3n) is 3.86. The van der Waals surface area contributed by atoms with Crippen molar-refractivity contribution in [1.82, 2.24) is 14.5 Å². The quantitative estimate of drug-likeness (QED) is 0.737. The number of fused-ring (bicyclic) bond motifs is 1. The number of hydrogen-bond donors (Lipinski definition) is 1. The fourth-order valence-corrected chi connectivity index (χ4v) is 2.98. The number of carbonyl (C=O) groups is 1. The van der Waals surface area contributed by atoms with Crippen LogP contribution in [0.15, 0.2) is 48.9 Å². The number of anilines is 1. The van der Waals surface area contributed by atoms with E-state index in [9.17, 15) is 4.79 Å². The first kappa shape index (κ1) is 14.5. The molecule has 0 radical (unpaired) electrons. The maximum atomic E-state index is 12.0. The molecule has 1 aliphatic rings. The molecule has 1 fully saturated rings. The molecule has 0 bridgehead atoms. The molecule has 2 aromatic heterocycles. The van der Waals surface area contributed by atoms with Crippen molar-refractivity contribution < 1.29 is 4.79 Å². The van der Waals surface area contributed by atoms with Crippen molar-refractivity contribution in [2.75, 3.05) is 5.32 Å². The summed E-state index contributed by atoms with van der Waals surface area (Å²) < 4.78 is 0.970. The van der Waals surface area contributed by atoms with Crippen LogP contribution in [0.1, 0.15) is 6.42 Å². The van der Waals surface area contributed by atoms with Crippen LogP contribution in [0.2, 0.25) is 0 Å². The molecule has 1 aliphatic carbocycles. The largest absolute Gasteiger partial charge is 0.324 e. The summed E-state index contributed by atoms with van der Waals surface area (Å²) in [6.45, 7) is 0.